The van der Waals surface area contributed by atoms with Gasteiger partial charge in [-0.25, -0.2) is 9.78 Å². The highest BCUT2D eigenvalue weighted by atomic mass is 32.1. The topological polar surface area (TPSA) is 111 Å². The molecule has 1 saturated heterocycles. The molecule has 1 aromatic carbocycles. The molecule has 0 bridgehead atoms. The van der Waals surface area contributed by atoms with Crippen LogP contribution in [0.4, 0.5) is 10.7 Å². The van der Waals surface area contributed by atoms with E-state index in [1.54, 1.807) is 0 Å². The normalized spacial score (nSPS) is 19.1. The number of aliphatic hydroxyl groups excluding tert-OH is 1. The van der Waals surface area contributed by atoms with Gasteiger partial charge in [-0.15, -0.1) is 11.3 Å². The van der Waals surface area contributed by atoms with Crippen molar-refractivity contribution in [3.63, 3.8) is 0 Å². The number of methoxy groups -OCH3 is 1. The largest absolute Gasteiger partial charge is 0.465 e. The number of carbonyl (C=O) groups is 1. The van der Waals surface area contributed by atoms with Crippen LogP contribution in [-0.4, -0.2) is 52.4 Å². The Morgan fingerprint density at radius 3 is 2.76 bits per heavy atom. The summed E-state index contributed by atoms with van der Waals surface area (Å²) in [5.41, 5.74) is 2.22. The van der Waals surface area contributed by atoms with Crippen molar-refractivity contribution in [1.29, 1.82) is 0 Å². The molecular formula is C24H28N4O5S. The highest BCUT2D eigenvalue weighted by molar-refractivity contribution is 7.20. The van der Waals surface area contributed by atoms with E-state index in [0.717, 1.165) is 30.3 Å². The van der Waals surface area contributed by atoms with Crippen LogP contribution in [0.25, 0.3) is 21.5 Å². The monoisotopic (exact) mass is 484 g/mol. The van der Waals surface area contributed by atoms with Gasteiger partial charge in [-0.3, -0.25) is 10.1 Å². The molecule has 9 nitrogen and oxygen atoms in total. The van der Waals surface area contributed by atoms with Crippen molar-refractivity contribution in [3.05, 3.63) is 40.2 Å². The summed E-state index contributed by atoms with van der Waals surface area (Å²) in [6.07, 6.45) is 8.63. The smallest absolute Gasteiger partial charge is 0.347 e. The Labute approximate surface area is 201 Å². The van der Waals surface area contributed by atoms with Gasteiger partial charge in [0.2, 0.25) is 0 Å². The van der Waals surface area contributed by atoms with Gasteiger partial charge in [0.05, 0.1) is 29.4 Å². The average molecular weight is 485 g/mol. The third kappa shape index (κ3) is 3.94. The molecule has 5 rings (SSSR count). The zero-order valence-electron chi connectivity index (χ0n) is 19.1. The van der Waals surface area contributed by atoms with E-state index in [4.69, 9.17) is 4.74 Å². The quantitative estimate of drug-likeness (QED) is 0.304. The molecule has 1 N–H and O–H groups in total. The summed E-state index contributed by atoms with van der Waals surface area (Å²) >= 11 is 1.23. The van der Waals surface area contributed by atoms with E-state index in [1.165, 1.54) is 37.7 Å². The van der Waals surface area contributed by atoms with Crippen LogP contribution in [0.2, 0.25) is 0 Å². The molecule has 1 saturated carbocycles. The number of imidazole rings is 1. The number of aromatic nitrogens is 2. The van der Waals surface area contributed by atoms with Crippen molar-refractivity contribution in [2.45, 2.75) is 44.6 Å². The fourth-order valence-corrected chi connectivity index (χ4v) is 6.57. The number of nitro groups is 1. The van der Waals surface area contributed by atoms with Crippen LogP contribution in [0.15, 0.2) is 24.5 Å². The predicted octanol–water partition coefficient (Wildman–Crippen LogP) is 4.78. The van der Waals surface area contributed by atoms with Gasteiger partial charge in [-0.2, -0.15) is 0 Å². The molecule has 3 aromatic rings. The number of anilines is 1. The maximum absolute atomic E-state index is 12.7. The molecule has 10 heteroatoms. The summed E-state index contributed by atoms with van der Waals surface area (Å²) in [6, 6.07) is 6.17. The molecule has 180 valence electrons. The summed E-state index contributed by atoms with van der Waals surface area (Å²) in [5.74, 6) is -0.644. The summed E-state index contributed by atoms with van der Waals surface area (Å²) in [7, 11) is 1.23. The Hall–Kier alpha value is -2.98. The van der Waals surface area contributed by atoms with Gasteiger partial charge in [0.25, 0.3) is 0 Å². The molecule has 0 amide bonds. The number of carbonyl (C=O) groups excluding carboxylic acids is 1. The molecule has 0 radical (unpaired) electrons. The van der Waals surface area contributed by atoms with Crippen molar-refractivity contribution in [3.8, 4) is 10.4 Å². The van der Waals surface area contributed by atoms with Gasteiger partial charge in [0, 0.05) is 37.2 Å². The van der Waals surface area contributed by atoms with Crippen molar-refractivity contribution in [2.24, 2.45) is 5.92 Å². The average Bonchev–Trinajstić information content (AvgIpc) is 3.59. The van der Waals surface area contributed by atoms with E-state index in [-0.39, 0.29) is 23.8 Å². The molecule has 1 atom stereocenters. The van der Waals surface area contributed by atoms with E-state index in [9.17, 15) is 20.0 Å². The third-order valence-corrected chi connectivity index (χ3v) is 8.36. The number of hydrogen-bond donors (Lipinski definition) is 1. The second-order valence-electron chi connectivity index (χ2n) is 9.14. The van der Waals surface area contributed by atoms with Crippen LogP contribution in [-0.2, 0) is 4.74 Å². The van der Waals surface area contributed by atoms with Crippen LogP contribution < -0.4 is 4.90 Å². The number of esters is 1. The van der Waals surface area contributed by atoms with Crippen LogP contribution in [0.1, 0.15) is 54.9 Å². The minimum atomic E-state index is -0.723. The number of ether oxygens (including phenoxy) is 1. The van der Waals surface area contributed by atoms with Crippen LogP contribution >= 0.6 is 11.3 Å². The van der Waals surface area contributed by atoms with Gasteiger partial charge in [0.15, 0.2) is 5.56 Å². The first-order valence-corrected chi connectivity index (χ1v) is 12.6. The summed E-state index contributed by atoms with van der Waals surface area (Å²) in [5, 5.41) is 22.3. The van der Waals surface area contributed by atoms with Crippen LogP contribution in [0.3, 0.4) is 0 Å². The molecule has 2 fully saturated rings. The number of nitrogens with zero attached hydrogens (tertiary/aromatic N) is 4. The van der Waals surface area contributed by atoms with E-state index in [2.05, 4.69) is 9.55 Å². The first kappa shape index (κ1) is 22.8. The Kier molecular flexibility index (Phi) is 6.26. The van der Waals surface area contributed by atoms with Gasteiger partial charge in [-0.1, -0.05) is 25.3 Å². The lowest BCUT2D eigenvalue weighted by Gasteiger charge is -2.23. The lowest BCUT2D eigenvalue weighted by atomic mass is 9.95. The standard InChI is InChI=1S/C24H28N4O5S/c1-33-24(30)20-21(28(31)32)22(34-23(20)26-10-9-15(12-26)13-29)16-7-8-19-18(11-16)25-14-27(19)17-5-3-2-4-6-17/h7-8,11,14-15,17,29H,2-6,9-10,12-13H2,1H3/t15-/m0/s1. The van der Waals surface area contributed by atoms with E-state index in [1.807, 2.05) is 29.4 Å². The van der Waals surface area contributed by atoms with Crippen molar-refractivity contribution in [1.82, 2.24) is 9.55 Å². The zero-order chi connectivity index (χ0) is 23.8. The molecule has 0 unspecified atom stereocenters. The molecular weight excluding hydrogens is 456 g/mol. The highest BCUT2D eigenvalue weighted by Gasteiger charge is 2.37. The Balaban J connectivity index is 1.60. The molecule has 1 aliphatic carbocycles. The maximum atomic E-state index is 12.7. The second kappa shape index (κ2) is 9.34. The molecule has 0 spiro atoms. The van der Waals surface area contributed by atoms with E-state index < -0.39 is 10.9 Å². The van der Waals surface area contributed by atoms with Crippen LogP contribution in [0, 0.1) is 16.0 Å². The van der Waals surface area contributed by atoms with Crippen LogP contribution in [0.5, 0.6) is 0 Å². The van der Waals surface area contributed by atoms with Gasteiger partial charge in [0.1, 0.15) is 9.88 Å². The lowest BCUT2D eigenvalue weighted by Crippen LogP contribution is -2.22. The maximum Gasteiger partial charge on any atom is 0.347 e. The third-order valence-electron chi connectivity index (χ3n) is 7.07. The zero-order valence-corrected chi connectivity index (χ0v) is 19.9. The number of aliphatic hydroxyl groups is 1. The molecule has 34 heavy (non-hydrogen) atoms. The number of hydrogen-bond acceptors (Lipinski definition) is 8. The van der Waals surface area contributed by atoms with Gasteiger partial charge in [-0.05, 0) is 31.4 Å². The molecule has 2 aromatic heterocycles. The van der Waals surface area contributed by atoms with E-state index in [0.29, 0.717) is 34.6 Å². The summed E-state index contributed by atoms with van der Waals surface area (Å²) < 4.78 is 7.17. The Morgan fingerprint density at radius 2 is 2.09 bits per heavy atom. The van der Waals surface area contributed by atoms with Gasteiger partial charge < -0.3 is 19.3 Å². The van der Waals surface area contributed by atoms with Crippen molar-refractivity contribution in [2.75, 3.05) is 31.7 Å². The number of thiophene rings is 1. The fourth-order valence-electron chi connectivity index (χ4n) is 5.28. The van der Waals surface area contributed by atoms with Gasteiger partial charge >= 0.3 is 11.7 Å². The predicted molar refractivity (Wildman–Crippen MR) is 131 cm³/mol. The number of benzene rings is 1. The summed E-state index contributed by atoms with van der Waals surface area (Å²) in [6.45, 7) is 1.21. The van der Waals surface area contributed by atoms with E-state index >= 15 is 0 Å². The second-order valence-corrected chi connectivity index (χ2v) is 10.1. The lowest BCUT2D eigenvalue weighted by molar-refractivity contribution is -0.384. The highest BCUT2D eigenvalue weighted by Crippen LogP contribution is 2.48. The minimum Gasteiger partial charge on any atom is -0.465 e. The minimum absolute atomic E-state index is 0.0149. The molecule has 3 heterocycles. The first-order chi connectivity index (χ1) is 16.5. The number of rotatable bonds is 6. The molecule has 2 aliphatic rings. The first-order valence-electron chi connectivity index (χ1n) is 11.7. The number of fused-ring (bicyclic) bond motifs is 1. The summed E-state index contributed by atoms with van der Waals surface area (Å²) in [4.78, 5) is 31.4. The Morgan fingerprint density at radius 1 is 1.29 bits per heavy atom. The molecule has 1 aliphatic heterocycles. The van der Waals surface area contributed by atoms with Crippen molar-refractivity contribution >= 4 is 39.0 Å². The SMILES string of the molecule is COC(=O)c1c(N2CC[C@H](CO)C2)sc(-c2ccc3c(c2)ncn3C2CCCCC2)c1[N+](=O)[O-]. The fraction of sp³-hybridized carbons (Fsp3) is 0.500. The van der Waals surface area contributed by atoms with Crippen molar-refractivity contribution < 1.29 is 19.6 Å². The Bertz CT molecular complexity index is 1230.